The first kappa shape index (κ1) is 11.2. The molecular formula is C10H10BrClFNO. The molecule has 0 bridgehead atoms. The van der Waals surface area contributed by atoms with Crippen LogP contribution in [0, 0.1) is 5.82 Å². The van der Waals surface area contributed by atoms with Crippen molar-refractivity contribution in [2.45, 2.75) is 25.5 Å². The Labute approximate surface area is 101 Å². The summed E-state index contributed by atoms with van der Waals surface area (Å²) in [5.41, 5.74) is 6.27. The van der Waals surface area contributed by atoms with Gasteiger partial charge in [-0.3, -0.25) is 0 Å². The number of rotatable bonds is 1. The topological polar surface area (TPSA) is 35.2 Å². The highest BCUT2D eigenvalue weighted by atomic mass is 79.9. The maximum absolute atomic E-state index is 13.7. The average Bonchev–Trinajstić information content (AvgIpc) is 2.53. The van der Waals surface area contributed by atoms with Crippen LogP contribution in [0.15, 0.2) is 10.5 Å². The third-order valence-electron chi connectivity index (χ3n) is 2.57. The molecule has 2 N–H and O–H groups in total. The van der Waals surface area contributed by atoms with Gasteiger partial charge in [0.2, 0.25) is 0 Å². The predicted octanol–water partition coefficient (Wildman–Crippen LogP) is 3.41. The van der Waals surface area contributed by atoms with Crippen LogP contribution in [-0.2, 0) is 0 Å². The Kier molecular flexibility index (Phi) is 2.92. The lowest BCUT2D eigenvalue weighted by Gasteiger charge is -2.11. The third kappa shape index (κ3) is 1.65. The van der Waals surface area contributed by atoms with E-state index in [0.717, 1.165) is 6.42 Å². The van der Waals surface area contributed by atoms with E-state index in [1.54, 1.807) is 0 Å². The van der Waals surface area contributed by atoms with Gasteiger partial charge in [0.1, 0.15) is 17.7 Å². The van der Waals surface area contributed by atoms with Crippen LogP contribution in [0.3, 0.4) is 0 Å². The van der Waals surface area contributed by atoms with Gasteiger partial charge in [-0.2, -0.15) is 0 Å². The summed E-state index contributed by atoms with van der Waals surface area (Å²) >= 11 is 9.02. The van der Waals surface area contributed by atoms with Crippen molar-refractivity contribution in [3.05, 3.63) is 26.9 Å². The first-order valence-corrected chi connectivity index (χ1v) is 5.83. The fourth-order valence-corrected chi connectivity index (χ4v) is 2.64. The first-order valence-electron chi connectivity index (χ1n) is 4.65. The SMILES string of the molecule is CCC1Oc2c(Br)cc(Cl)c(F)c2C1N. The molecule has 0 amide bonds. The quantitative estimate of drug-likeness (QED) is 0.806. The second-order valence-corrected chi connectivity index (χ2v) is 4.75. The van der Waals surface area contributed by atoms with Crippen LogP contribution < -0.4 is 10.5 Å². The molecule has 2 unspecified atom stereocenters. The Balaban J connectivity index is 2.58. The Morgan fingerprint density at radius 1 is 1.67 bits per heavy atom. The third-order valence-corrected chi connectivity index (χ3v) is 3.43. The summed E-state index contributed by atoms with van der Waals surface area (Å²) in [5.74, 6) is 0.00886. The summed E-state index contributed by atoms with van der Waals surface area (Å²) < 4.78 is 19.9. The summed E-state index contributed by atoms with van der Waals surface area (Å²) in [4.78, 5) is 0. The monoisotopic (exact) mass is 293 g/mol. The summed E-state index contributed by atoms with van der Waals surface area (Å²) in [5, 5.41) is 0.0661. The van der Waals surface area contributed by atoms with Crippen LogP contribution in [0.1, 0.15) is 24.9 Å². The number of benzene rings is 1. The lowest BCUT2D eigenvalue weighted by molar-refractivity contribution is 0.201. The Morgan fingerprint density at radius 2 is 2.33 bits per heavy atom. The van der Waals surface area contributed by atoms with Crippen LogP contribution in [0.2, 0.25) is 5.02 Å². The van der Waals surface area contributed by atoms with Crippen molar-refractivity contribution in [1.82, 2.24) is 0 Å². The average molecular weight is 295 g/mol. The Bertz CT molecular complexity index is 413. The first-order chi connectivity index (χ1) is 7.06. The summed E-state index contributed by atoms with van der Waals surface area (Å²) in [6.45, 7) is 1.95. The van der Waals surface area contributed by atoms with E-state index in [2.05, 4.69) is 15.9 Å². The molecule has 2 atom stereocenters. The molecule has 0 fully saturated rings. The van der Waals surface area contributed by atoms with Gasteiger partial charge in [0.15, 0.2) is 0 Å². The molecular weight excluding hydrogens is 284 g/mol. The fourth-order valence-electron chi connectivity index (χ4n) is 1.76. The second kappa shape index (κ2) is 3.92. The minimum absolute atomic E-state index is 0.0661. The van der Waals surface area contributed by atoms with Crippen molar-refractivity contribution in [2.75, 3.05) is 0 Å². The van der Waals surface area contributed by atoms with E-state index in [1.165, 1.54) is 6.07 Å². The summed E-state index contributed by atoms with van der Waals surface area (Å²) in [6, 6.07) is 1.04. The molecule has 0 spiro atoms. The molecule has 1 heterocycles. The Hall–Kier alpha value is -0.320. The van der Waals surface area contributed by atoms with Gasteiger partial charge in [-0.25, -0.2) is 4.39 Å². The number of hydrogen-bond acceptors (Lipinski definition) is 2. The maximum atomic E-state index is 13.7. The van der Waals surface area contributed by atoms with Crippen molar-refractivity contribution in [3.63, 3.8) is 0 Å². The van der Waals surface area contributed by atoms with E-state index in [1.807, 2.05) is 6.92 Å². The fraction of sp³-hybridized carbons (Fsp3) is 0.400. The summed E-state index contributed by atoms with van der Waals surface area (Å²) in [6.07, 6.45) is 0.559. The van der Waals surface area contributed by atoms with Crippen LogP contribution in [0.25, 0.3) is 0 Å². The van der Waals surface area contributed by atoms with Crippen LogP contribution >= 0.6 is 27.5 Å². The largest absolute Gasteiger partial charge is 0.487 e. The highest BCUT2D eigenvalue weighted by Gasteiger charge is 2.35. The van der Waals surface area contributed by atoms with Crippen molar-refractivity contribution < 1.29 is 9.13 Å². The van der Waals surface area contributed by atoms with E-state index in [0.29, 0.717) is 15.8 Å². The molecule has 2 rings (SSSR count). The molecule has 1 aliphatic rings. The van der Waals surface area contributed by atoms with Crippen molar-refractivity contribution >= 4 is 27.5 Å². The van der Waals surface area contributed by atoms with Crippen LogP contribution in [-0.4, -0.2) is 6.10 Å². The standard InChI is InChI=1S/C10H10BrClFNO/c1-2-6-9(14)7-8(13)5(12)3-4(11)10(7)15-6/h3,6,9H,2,14H2,1H3. The molecule has 0 aromatic heterocycles. The van der Waals surface area contributed by atoms with Gasteiger partial charge < -0.3 is 10.5 Å². The van der Waals surface area contributed by atoms with Gasteiger partial charge in [-0.05, 0) is 28.4 Å². The lowest BCUT2D eigenvalue weighted by Crippen LogP contribution is -2.24. The molecule has 0 aliphatic carbocycles. The zero-order valence-corrected chi connectivity index (χ0v) is 10.4. The van der Waals surface area contributed by atoms with Gasteiger partial charge >= 0.3 is 0 Å². The normalized spacial score (nSPS) is 23.8. The van der Waals surface area contributed by atoms with E-state index in [9.17, 15) is 4.39 Å². The zero-order chi connectivity index (χ0) is 11.2. The van der Waals surface area contributed by atoms with Crippen molar-refractivity contribution in [3.8, 4) is 5.75 Å². The highest BCUT2D eigenvalue weighted by Crippen LogP contribution is 2.45. The number of ether oxygens (including phenoxy) is 1. The van der Waals surface area contributed by atoms with Gasteiger partial charge in [0.05, 0.1) is 21.1 Å². The highest BCUT2D eigenvalue weighted by molar-refractivity contribution is 9.10. The number of hydrogen-bond donors (Lipinski definition) is 1. The van der Waals surface area contributed by atoms with Crippen molar-refractivity contribution in [2.24, 2.45) is 5.73 Å². The molecule has 2 nitrogen and oxygen atoms in total. The molecule has 1 aliphatic heterocycles. The van der Waals surface area contributed by atoms with E-state index < -0.39 is 11.9 Å². The molecule has 0 radical (unpaired) electrons. The minimum Gasteiger partial charge on any atom is -0.487 e. The van der Waals surface area contributed by atoms with Gasteiger partial charge in [-0.15, -0.1) is 0 Å². The summed E-state index contributed by atoms with van der Waals surface area (Å²) in [7, 11) is 0. The van der Waals surface area contributed by atoms with Gasteiger partial charge in [0.25, 0.3) is 0 Å². The van der Waals surface area contributed by atoms with Crippen LogP contribution in [0.5, 0.6) is 5.75 Å². The molecule has 82 valence electrons. The maximum Gasteiger partial charge on any atom is 0.150 e. The van der Waals surface area contributed by atoms with E-state index in [4.69, 9.17) is 22.1 Å². The number of halogens is 3. The Morgan fingerprint density at radius 3 is 2.93 bits per heavy atom. The molecule has 5 heteroatoms. The predicted molar refractivity (Wildman–Crippen MR) is 60.7 cm³/mol. The van der Waals surface area contributed by atoms with Gasteiger partial charge in [-0.1, -0.05) is 18.5 Å². The molecule has 15 heavy (non-hydrogen) atoms. The van der Waals surface area contributed by atoms with E-state index in [-0.39, 0.29) is 11.1 Å². The zero-order valence-electron chi connectivity index (χ0n) is 8.06. The minimum atomic E-state index is -0.474. The van der Waals surface area contributed by atoms with Crippen molar-refractivity contribution in [1.29, 1.82) is 0 Å². The number of fused-ring (bicyclic) bond motifs is 1. The van der Waals surface area contributed by atoms with Crippen LogP contribution in [0.4, 0.5) is 4.39 Å². The second-order valence-electron chi connectivity index (χ2n) is 3.49. The lowest BCUT2D eigenvalue weighted by atomic mass is 10.0. The number of nitrogens with two attached hydrogens (primary N) is 1. The van der Waals surface area contributed by atoms with E-state index >= 15 is 0 Å². The van der Waals surface area contributed by atoms with Gasteiger partial charge in [0, 0.05) is 0 Å². The molecule has 1 aromatic rings. The molecule has 0 saturated carbocycles. The molecule has 0 saturated heterocycles. The molecule has 1 aromatic carbocycles. The smallest absolute Gasteiger partial charge is 0.150 e.